The standard InChI is InChI=1S/C32H44F4N4O4.C24H29ClN6O3.H2/c1-5-38-15-17-39(18-16-38)29(41)9-7-6-8-14-40(30(42)44-31(2,3)4)21-24-20-25(37)11-13-28(24)43-22-23-10-12-27(33)26(19-23)32(34,35)36;1-23(2,3)34-22(33)30-24(21(32)27-14-16-4-6-17(25)7-5-16)9-12-31(13-10-24)20-18-8-11-26-19(18)28-15-29-20;/h10-13,19-20H,5-9,14-18,21-22,37H2,1-4H3;4-8,11,15H,9-10,12-14H2,1-3H3,(H,27,32)(H,30,33)(H,26,28,29);1H. The molecule has 5 N–H and O–H groups in total. The van der Waals surface area contributed by atoms with E-state index in [1.807, 2.05) is 29.3 Å². The molecule has 22 heteroatoms. The quantitative estimate of drug-likeness (QED) is 0.0391. The number of unbranched alkanes of at least 4 members (excludes halogenated alkanes) is 2. The minimum Gasteiger partial charge on any atom is -0.489 e. The van der Waals surface area contributed by atoms with Crippen molar-refractivity contribution in [3.8, 4) is 5.75 Å². The largest absolute Gasteiger partial charge is 0.489 e. The number of benzene rings is 3. The molecular weight excluding hydrogens is 1040 g/mol. The molecule has 3 aromatic carbocycles. The fourth-order valence-electron chi connectivity index (χ4n) is 8.97. The topological polar surface area (TPSA) is 201 Å². The highest BCUT2D eigenvalue weighted by Crippen LogP contribution is 2.34. The van der Waals surface area contributed by atoms with Crippen molar-refractivity contribution >= 4 is 58.1 Å². The predicted molar refractivity (Wildman–Crippen MR) is 293 cm³/mol. The number of anilines is 2. The number of hydrogen-bond donors (Lipinski definition) is 4. The molecule has 5 aromatic rings. The molecule has 4 amide bonds. The van der Waals surface area contributed by atoms with Crippen molar-refractivity contribution in [3.63, 3.8) is 0 Å². The Labute approximate surface area is 460 Å². The number of nitrogens with two attached hydrogens (primary N) is 1. The molecule has 2 aliphatic rings. The number of nitrogens with zero attached hydrogens (tertiary/aromatic N) is 6. The zero-order chi connectivity index (χ0) is 56.8. The second kappa shape index (κ2) is 26.7. The number of carbonyl (C=O) groups is 4. The third-order valence-corrected chi connectivity index (χ3v) is 13.4. The van der Waals surface area contributed by atoms with Crippen LogP contribution in [0.4, 0.5) is 38.7 Å². The van der Waals surface area contributed by atoms with E-state index in [-0.39, 0.29) is 32.0 Å². The number of aromatic nitrogens is 3. The molecule has 2 saturated heterocycles. The third kappa shape index (κ3) is 17.8. The first-order valence-corrected chi connectivity index (χ1v) is 26.6. The predicted octanol–water partition coefficient (Wildman–Crippen LogP) is 10.5. The summed E-state index contributed by atoms with van der Waals surface area (Å²) in [6.45, 7) is 18.6. The van der Waals surface area contributed by atoms with Crippen molar-refractivity contribution in [1.82, 2.24) is 40.3 Å². The Morgan fingerprint density at radius 2 is 1.53 bits per heavy atom. The number of rotatable bonds is 17. The van der Waals surface area contributed by atoms with E-state index in [2.05, 4.69) is 42.3 Å². The van der Waals surface area contributed by atoms with Crippen LogP contribution in [0.25, 0.3) is 11.0 Å². The lowest BCUT2D eigenvalue weighted by Gasteiger charge is -2.41. The van der Waals surface area contributed by atoms with Crippen molar-refractivity contribution in [2.45, 2.75) is 130 Å². The molecule has 2 aromatic heterocycles. The van der Waals surface area contributed by atoms with E-state index < -0.39 is 46.5 Å². The number of carbonyl (C=O) groups excluding carboxylic acids is 4. The van der Waals surface area contributed by atoms with Gasteiger partial charge >= 0.3 is 18.4 Å². The van der Waals surface area contributed by atoms with Gasteiger partial charge in [-0.1, -0.05) is 43.1 Å². The van der Waals surface area contributed by atoms with Crippen LogP contribution >= 0.6 is 11.6 Å². The molecule has 4 heterocycles. The Morgan fingerprint density at radius 3 is 2.18 bits per heavy atom. The number of fused-ring (bicyclic) bond motifs is 1. The van der Waals surface area contributed by atoms with Gasteiger partial charge in [0.15, 0.2) is 0 Å². The SMILES string of the molecule is CC(C)(C)OC(=O)NC1(C(=O)NCc2ccc(Cl)cc2)CCN(c2ncnc3[nH]ccc23)CC1.CCN1CCN(C(=O)CCCCCN(Cc2cc(N)ccc2OCc2ccc(F)c(C(F)(F)F)c2)C(=O)OC(C)(C)C)CC1.[HH]. The van der Waals surface area contributed by atoms with Crippen LogP contribution < -0.4 is 26.0 Å². The van der Waals surface area contributed by atoms with E-state index in [0.29, 0.717) is 80.3 Å². The van der Waals surface area contributed by atoms with Gasteiger partial charge in [-0.3, -0.25) is 9.59 Å². The molecule has 0 aliphatic carbocycles. The maximum atomic E-state index is 13.7. The van der Waals surface area contributed by atoms with E-state index in [1.54, 1.807) is 71.9 Å². The lowest BCUT2D eigenvalue weighted by Crippen LogP contribution is -2.63. The number of alkyl halides is 3. The fourth-order valence-corrected chi connectivity index (χ4v) is 9.10. The van der Waals surface area contributed by atoms with E-state index in [0.717, 1.165) is 73.7 Å². The Kier molecular flexibility index (Phi) is 20.6. The van der Waals surface area contributed by atoms with Crippen molar-refractivity contribution in [2.24, 2.45) is 0 Å². The molecule has 0 atom stereocenters. The Balaban J connectivity index is 0.000000296. The summed E-state index contributed by atoms with van der Waals surface area (Å²) in [6, 6.07) is 16.7. The van der Waals surface area contributed by atoms with Gasteiger partial charge < -0.3 is 55.2 Å². The Morgan fingerprint density at radius 1 is 0.846 bits per heavy atom. The van der Waals surface area contributed by atoms with Crippen LogP contribution in [0.5, 0.6) is 5.75 Å². The van der Waals surface area contributed by atoms with E-state index in [4.69, 9.17) is 31.5 Å². The highest BCUT2D eigenvalue weighted by atomic mass is 35.5. The number of aromatic amines is 1. The van der Waals surface area contributed by atoms with Gasteiger partial charge in [0.2, 0.25) is 11.8 Å². The lowest BCUT2D eigenvalue weighted by molar-refractivity contribution is -0.140. The van der Waals surface area contributed by atoms with E-state index >= 15 is 0 Å². The number of H-pyrrole nitrogens is 1. The number of likely N-dealkylation sites (N-methyl/N-ethyl adjacent to an activating group) is 1. The Bertz CT molecular complexity index is 2810. The zero-order valence-electron chi connectivity index (χ0n) is 45.5. The summed E-state index contributed by atoms with van der Waals surface area (Å²) in [5.41, 5.74) is 4.90. The van der Waals surface area contributed by atoms with Crippen molar-refractivity contribution < 1.29 is 52.4 Å². The molecule has 78 heavy (non-hydrogen) atoms. The average molecular weight is 1110 g/mol. The molecule has 2 aliphatic heterocycles. The van der Waals surface area contributed by atoms with Crippen LogP contribution in [0.1, 0.15) is 111 Å². The molecule has 2 fully saturated rings. The molecule has 0 radical (unpaired) electrons. The van der Waals surface area contributed by atoms with Gasteiger partial charge in [-0.15, -0.1) is 0 Å². The van der Waals surface area contributed by atoms with Gasteiger partial charge in [0.25, 0.3) is 0 Å². The second-order valence-electron chi connectivity index (χ2n) is 21.4. The number of nitrogens with one attached hydrogen (secondary N) is 3. The van der Waals surface area contributed by atoms with Crippen LogP contribution in [0.2, 0.25) is 5.02 Å². The summed E-state index contributed by atoms with van der Waals surface area (Å²) in [5.74, 6) is -0.336. The van der Waals surface area contributed by atoms with Gasteiger partial charge in [-0.25, -0.2) is 23.9 Å². The van der Waals surface area contributed by atoms with Crippen LogP contribution in [0.3, 0.4) is 0 Å². The number of alkyl carbamates (subject to hydrolysis) is 1. The normalized spacial score (nSPS) is 15.0. The number of ether oxygens (including phenoxy) is 3. The first-order valence-electron chi connectivity index (χ1n) is 26.2. The number of amides is 4. The third-order valence-electron chi connectivity index (χ3n) is 13.1. The monoisotopic (exact) mass is 1110 g/mol. The molecule has 0 bridgehead atoms. The van der Waals surface area contributed by atoms with Crippen LogP contribution in [0, 0.1) is 5.82 Å². The summed E-state index contributed by atoms with van der Waals surface area (Å²) in [4.78, 5) is 71.6. The molecule has 0 saturated carbocycles. The van der Waals surface area contributed by atoms with Gasteiger partial charge in [0, 0.05) is 82.7 Å². The highest BCUT2D eigenvalue weighted by molar-refractivity contribution is 6.30. The summed E-state index contributed by atoms with van der Waals surface area (Å²) < 4.78 is 70.2. The van der Waals surface area contributed by atoms with Crippen molar-refractivity contribution in [2.75, 3.05) is 63.0 Å². The van der Waals surface area contributed by atoms with Crippen molar-refractivity contribution in [3.05, 3.63) is 112 Å². The lowest BCUT2D eigenvalue weighted by atomic mass is 9.86. The van der Waals surface area contributed by atoms with Crippen LogP contribution in [0.15, 0.2) is 79.3 Å². The number of hydrogen-bond acceptors (Lipinski definition) is 12. The summed E-state index contributed by atoms with van der Waals surface area (Å²) in [5, 5.41) is 7.40. The van der Waals surface area contributed by atoms with Gasteiger partial charge in [-0.2, -0.15) is 13.2 Å². The Hall–Kier alpha value is -6.87. The maximum absolute atomic E-state index is 13.7. The molecular formula is C56H75ClF4N10O7. The molecule has 7 rings (SSSR count). The van der Waals surface area contributed by atoms with Crippen molar-refractivity contribution in [1.29, 1.82) is 0 Å². The average Bonchev–Trinajstić information content (AvgIpc) is 3.92. The first kappa shape index (κ1) is 60.4. The minimum atomic E-state index is -4.84. The number of piperidine rings is 1. The van der Waals surface area contributed by atoms with Crippen LogP contribution in [-0.2, 0) is 44.9 Å². The van der Waals surface area contributed by atoms with Gasteiger partial charge in [0.1, 0.15) is 52.7 Å². The molecule has 426 valence electrons. The number of halogens is 5. The summed E-state index contributed by atoms with van der Waals surface area (Å²) >= 11 is 5.96. The van der Waals surface area contributed by atoms with E-state index in [1.165, 1.54) is 17.3 Å². The summed E-state index contributed by atoms with van der Waals surface area (Å²) in [7, 11) is 0. The molecule has 17 nitrogen and oxygen atoms in total. The van der Waals surface area contributed by atoms with Gasteiger partial charge in [-0.05, 0) is 133 Å². The zero-order valence-corrected chi connectivity index (χ0v) is 46.3. The number of nitrogen functional groups attached to an aromatic ring is 1. The molecule has 0 spiro atoms. The number of piperazine rings is 1. The summed E-state index contributed by atoms with van der Waals surface area (Å²) in [6.07, 6.45) is 0.656. The molecule has 0 unspecified atom stereocenters. The fraction of sp³-hybridized carbons (Fsp3) is 0.500. The van der Waals surface area contributed by atoms with Crippen LogP contribution in [-0.4, -0.2) is 123 Å². The second-order valence-corrected chi connectivity index (χ2v) is 21.9. The highest BCUT2D eigenvalue weighted by Gasteiger charge is 2.44. The van der Waals surface area contributed by atoms with E-state index in [9.17, 15) is 36.7 Å². The maximum Gasteiger partial charge on any atom is 0.419 e. The van der Waals surface area contributed by atoms with Gasteiger partial charge in [0.05, 0.1) is 17.5 Å². The minimum absolute atomic E-state index is 0. The smallest absolute Gasteiger partial charge is 0.419 e. The first-order chi connectivity index (χ1) is 36.8.